The number of carboxylic acid groups (broad SMARTS) is 1. The van der Waals surface area contributed by atoms with Crippen molar-refractivity contribution < 1.29 is 14.3 Å². The number of imidazole rings is 1. The number of benzene rings is 2. The first-order valence-electron chi connectivity index (χ1n) is 6.14. The summed E-state index contributed by atoms with van der Waals surface area (Å²) in [6, 6.07) is 8.83. The highest BCUT2D eigenvalue weighted by atomic mass is 35.5. The molecule has 0 radical (unpaired) electrons. The van der Waals surface area contributed by atoms with Crippen molar-refractivity contribution in [3.63, 3.8) is 0 Å². The molecule has 3 aromatic rings. The minimum Gasteiger partial charge on any atom is -0.478 e. The van der Waals surface area contributed by atoms with Crippen molar-refractivity contribution in [1.82, 2.24) is 9.55 Å². The number of aryl methyl sites for hydroxylation is 1. The summed E-state index contributed by atoms with van der Waals surface area (Å²) in [5.41, 5.74) is 1.93. The molecule has 0 aliphatic rings. The number of carbonyl (C=O) groups is 1. The van der Waals surface area contributed by atoms with Gasteiger partial charge in [0.1, 0.15) is 11.6 Å². The normalized spacial score (nSPS) is 11.0. The number of halogens is 2. The van der Waals surface area contributed by atoms with Crippen LogP contribution in [0.2, 0.25) is 5.02 Å². The number of hydrogen-bond donors (Lipinski definition) is 1. The first-order chi connectivity index (χ1) is 9.95. The predicted octanol–water partition coefficient (Wildman–Crippen LogP) is 3.82. The van der Waals surface area contributed by atoms with E-state index in [1.165, 1.54) is 24.3 Å². The maximum absolute atomic E-state index is 13.5. The Labute approximate surface area is 124 Å². The lowest BCUT2D eigenvalue weighted by molar-refractivity contribution is 0.0697. The lowest BCUT2D eigenvalue weighted by Gasteiger charge is -2.08. The third kappa shape index (κ3) is 2.36. The maximum atomic E-state index is 13.5. The summed E-state index contributed by atoms with van der Waals surface area (Å²) in [6.07, 6.45) is 0. The van der Waals surface area contributed by atoms with Crippen LogP contribution >= 0.6 is 11.6 Å². The molecule has 0 saturated heterocycles. The van der Waals surface area contributed by atoms with E-state index >= 15 is 0 Å². The van der Waals surface area contributed by atoms with Crippen LogP contribution in [-0.4, -0.2) is 20.6 Å². The van der Waals surface area contributed by atoms with Crippen LogP contribution in [0.1, 0.15) is 16.2 Å². The van der Waals surface area contributed by atoms with E-state index in [9.17, 15) is 9.18 Å². The molecule has 1 N–H and O–H groups in total. The average Bonchev–Trinajstić information content (AvgIpc) is 2.72. The van der Waals surface area contributed by atoms with E-state index in [1.54, 1.807) is 23.6 Å². The highest BCUT2D eigenvalue weighted by Gasteiger charge is 2.13. The second kappa shape index (κ2) is 4.86. The van der Waals surface area contributed by atoms with Crippen molar-refractivity contribution in [2.75, 3.05) is 0 Å². The Morgan fingerprint density at radius 2 is 2.05 bits per heavy atom. The lowest BCUT2D eigenvalue weighted by Crippen LogP contribution is -1.98. The van der Waals surface area contributed by atoms with Gasteiger partial charge in [-0.05, 0) is 43.3 Å². The van der Waals surface area contributed by atoms with Gasteiger partial charge in [-0.15, -0.1) is 0 Å². The fraction of sp³-hybridized carbons (Fsp3) is 0.0667. The molecule has 0 amide bonds. The van der Waals surface area contributed by atoms with Crippen LogP contribution in [-0.2, 0) is 0 Å². The van der Waals surface area contributed by atoms with Gasteiger partial charge in [0.2, 0.25) is 0 Å². The molecule has 106 valence electrons. The molecule has 0 aliphatic carbocycles. The monoisotopic (exact) mass is 304 g/mol. The van der Waals surface area contributed by atoms with E-state index in [0.717, 1.165) is 0 Å². The van der Waals surface area contributed by atoms with E-state index in [2.05, 4.69) is 4.98 Å². The van der Waals surface area contributed by atoms with Crippen LogP contribution in [0.15, 0.2) is 36.4 Å². The van der Waals surface area contributed by atoms with Crippen molar-refractivity contribution in [1.29, 1.82) is 0 Å². The van der Waals surface area contributed by atoms with E-state index in [4.69, 9.17) is 16.7 Å². The zero-order valence-electron chi connectivity index (χ0n) is 11.0. The number of nitrogens with zero attached hydrogens (tertiary/aromatic N) is 2. The predicted molar refractivity (Wildman–Crippen MR) is 77.7 cm³/mol. The first-order valence-corrected chi connectivity index (χ1v) is 6.52. The van der Waals surface area contributed by atoms with E-state index < -0.39 is 11.8 Å². The highest BCUT2D eigenvalue weighted by Crippen LogP contribution is 2.25. The molecule has 0 spiro atoms. The van der Waals surface area contributed by atoms with Gasteiger partial charge in [-0.1, -0.05) is 11.6 Å². The topological polar surface area (TPSA) is 55.1 Å². The van der Waals surface area contributed by atoms with Crippen molar-refractivity contribution in [3.05, 3.63) is 58.6 Å². The zero-order chi connectivity index (χ0) is 15.1. The summed E-state index contributed by atoms with van der Waals surface area (Å²) in [4.78, 5) is 15.3. The van der Waals surface area contributed by atoms with Gasteiger partial charge in [0.15, 0.2) is 0 Å². The second-order valence-corrected chi connectivity index (χ2v) is 5.07. The molecule has 0 unspecified atom stereocenters. The minimum atomic E-state index is -1.02. The summed E-state index contributed by atoms with van der Waals surface area (Å²) < 4.78 is 15.3. The van der Waals surface area contributed by atoms with Crippen molar-refractivity contribution in [3.8, 4) is 5.69 Å². The maximum Gasteiger partial charge on any atom is 0.335 e. The van der Waals surface area contributed by atoms with Crippen LogP contribution in [0.4, 0.5) is 4.39 Å². The second-order valence-electron chi connectivity index (χ2n) is 4.63. The smallest absolute Gasteiger partial charge is 0.335 e. The largest absolute Gasteiger partial charge is 0.478 e. The van der Waals surface area contributed by atoms with Crippen LogP contribution in [0, 0.1) is 12.7 Å². The molecule has 0 aliphatic heterocycles. The van der Waals surface area contributed by atoms with Gasteiger partial charge in [0.25, 0.3) is 0 Å². The number of carboxylic acids is 1. The van der Waals surface area contributed by atoms with Gasteiger partial charge < -0.3 is 5.11 Å². The molecule has 1 aromatic heterocycles. The number of rotatable bonds is 2. The molecule has 0 saturated carbocycles. The summed E-state index contributed by atoms with van der Waals surface area (Å²) in [6.45, 7) is 1.76. The highest BCUT2D eigenvalue weighted by molar-refractivity contribution is 6.30. The van der Waals surface area contributed by atoms with Crippen LogP contribution in [0.5, 0.6) is 0 Å². The van der Waals surface area contributed by atoms with Gasteiger partial charge >= 0.3 is 5.97 Å². The third-order valence-corrected chi connectivity index (χ3v) is 3.39. The molecule has 1 heterocycles. The number of aromatic nitrogens is 2. The zero-order valence-corrected chi connectivity index (χ0v) is 11.7. The standard InChI is InChI=1S/C15H10ClFN2O2/c1-8-18-13-4-9(15(20)21)2-3-14(13)19(8)12-6-10(16)5-11(17)7-12/h2-7H,1H3,(H,20,21). The van der Waals surface area contributed by atoms with E-state index in [0.29, 0.717) is 22.5 Å². The molecular formula is C15H10ClFN2O2. The Kier molecular flexibility index (Phi) is 3.14. The Morgan fingerprint density at radius 3 is 2.71 bits per heavy atom. The fourth-order valence-electron chi connectivity index (χ4n) is 2.33. The van der Waals surface area contributed by atoms with Crippen LogP contribution in [0.3, 0.4) is 0 Å². The quantitative estimate of drug-likeness (QED) is 0.783. The molecule has 3 rings (SSSR count). The fourth-order valence-corrected chi connectivity index (χ4v) is 2.54. The molecule has 6 heteroatoms. The molecular weight excluding hydrogens is 295 g/mol. The Balaban J connectivity index is 2.27. The Bertz CT molecular complexity index is 853. The Hall–Kier alpha value is -2.40. The first kappa shape index (κ1) is 13.6. The lowest BCUT2D eigenvalue weighted by atomic mass is 10.2. The SMILES string of the molecule is Cc1nc2cc(C(=O)O)ccc2n1-c1cc(F)cc(Cl)c1. The van der Waals surface area contributed by atoms with Gasteiger partial charge in [-0.3, -0.25) is 4.57 Å². The van der Waals surface area contributed by atoms with Crippen molar-refractivity contribution >= 4 is 28.6 Å². The average molecular weight is 305 g/mol. The summed E-state index contributed by atoms with van der Waals surface area (Å²) in [5, 5.41) is 9.29. The number of hydrogen-bond acceptors (Lipinski definition) is 2. The molecule has 21 heavy (non-hydrogen) atoms. The van der Waals surface area contributed by atoms with Crippen LogP contribution in [0.25, 0.3) is 16.7 Å². The molecule has 0 bridgehead atoms. The van der Waals surface area contributed by atoms with Gasteiger partial charge in [0, 0.05) is 5.02 Å². The van der Waals surface area contributed by atoms with Gasteiger partial charge in [0.05, 0.1) is 22.3 Å². The number of aromatic carboxylic acids is 1. The van der Waals surface area contributed by atoms with E-state index in [1.807, 2.05) is 0 Å². The Morgan fingerprint density at radius 1 is 1.29 bits per heavy atom. The summed E-state index contributed by atoms with van der Waals surface area (Å²) in [5.74, 6) is -0.840. The van der Waals surface area contributed by atoms with Crippen molar-refractivity contribution in [2.45, 2.75) is 6.92 Å². The van der Waals surface area contributed by atoms with Crippen LogP contribution < -0.4 is 0 Å². The summed E-state index contributed by atoms with van der Waals surface area (Å²) >= 11 is 5.89. The van der Waals surface area contributed by atoms with Crippen molar-refractivity contribution in [2.24, 2.45) is 0 Å². The number of fused-ring (bicyclic) bond motifs is 1. The molecule has 0 fully saturated rings. The molecule has 2 aromatic carbocycles. The molecule has 4 nitrogen and oxygen atoms in total. The van der Waals surface area contributed by atoms with E-state index in [-0.39, 0.29) is 10.6 Å². The van der Waals surface area contributed by atoms with Gasteiger partial charge in [-0.2, -0.15) is 0 Å². The molecule has 0 atom stereocenters. The minimum absolute atomic E-state index is 0.157. The summed E-state index contributed by atoms with van der Waals surface area (Å²) in [7, 11) is 0. The third-order valence-electron chi connectivity index (χ3n) is 3.17. The van der Waals surface area contributed by atoms with Gasteiger partial charge in [-0.25, -0.2) is 14.2 Å².